The Morgan fingerprint density at radius 3 is 2.65 bits per heavy atom. The number of hydrogen-bond donors (Lipinski definition) is 1. The van der Waals surface area contributed by atoms with Gasteiger partial charge >= 0.3 is 5.97 Å². The van der Waals surface area contributed by atoms with E-state index in [1.54, 1.807) is 0 Å². The highest BCUT2D eigenvalue weighted by atomic mass is 16.5. The minimum Gasteiger partial charge on any atom is -0.466 e. The summed E-state index contributed by atoms with van der Waals surface area (Å²) in [5.41, 5.74) is -0.743. The van der Waals surface area contributed by atoms with Crippen LogP contribution >= 0.6 is 0 Å². The Labute approximate surface area is 121 Å². The highest BCUT2D eigenvalue weighted by Gasteiger charge is 2.37. The molecule has 0 aromatic carbocycles. The zero-order chi connectivity index (χ0) is 15.2. The molecule has 0 spiro atoms. The molecule has 0 aromatic rings. The fraction of sp³-hybridized carbons (Fsp3) is 0.867. The standard InChI is InChI=1S/C15H26N2O3/c1-4-20-14(18)13-5-7-15(19,8-6-13)11-17(3)10-12(2)9-16/h12-13,19H,4-8,10-11H2,1-3H3. The second kappa shape index (κ2) is 7.61. The van der Waals surface area contributed by atoms with Crippen LogP contribution in [0.2, 0.25) is 0 Å². The molecule has 0 radical (unpaired) electrons. The predicted molar refractivity (Wildman–Crippen MR) is 75.8 cm³/mol. The molecule has 1 rings (SSSR count). The number of ether oxygens (including phenoxy) is 1. The highest BCUT2D eigenvalue weighted by Crippen LogP contribution is 2.33. The maximum atomic E-state index is 11.7. The summed E-state index contributed by atoms with van der Waals surface area (Å²) in [5, 5.41) is 19.4. The van der Waals surface area contributed by atoms with Gasteiger partial charge in [-0.25, -0.2) is 0 Å². The summed E-state index contributed by atoms with van der Waals surface area (Å²) in [7, 11) is 1.92. The van der Waals surface area contributed by atoms with E-state index in [4.69, 9.17) is 10.00 Å². The van der Waals surface area contributed by atoms with Crippen molar-refractivity contribution < 1.29 is 14.6 Å². The normalized spacial score (nSPS) is 27.9. The van der Waals surface area contributed by atoms with Crippen LogP contribution in [0.5, 0.6) is 0 Å². The van der Waals surface area contributed by atoms with Crippen molar-refractivity contribution in [2.24, 2.45) is 11.8 Å². The summed E-state index contributed by atoms with van der Waals surface area (Å²) in [4.78, 5) is 13.7. The summed E-state index contributed by atoms with van der Waals surface area (Å²) >= 11 is 0. The number of nitrogens with zero attached hydrogens (tertiary/aromatic N) is 2. The third-order valence-corrected chi connectivity index (χ3v) is 3.91. The quantitative estimate of drug-likeness (QED) is 0.748. The number of aliphatic hydroxyl groups is 1. The van der Waals surface area contributed by atoms with Gasteiger partial charge in [-0.1, -0.05) is 0 Å². The van der Waals surface area contributed by atoms with Gasteiger partial charge in [-0.05, 0) is 46.6 Å². The van der Waals surface area contributed by atoms with Crippen molar-refractivity contribution in [1.29, 1.82) is 5.26 Å². The van der Waals surface area contributed by atoms with E-state index < -0.39 is 5.60 Å². The van der Waals surface area contributed by atoms with Crippen molar-refractivity contribution in [2.75, 3.05) is 26.7 Å². The zero-order valence-corrected chi connectivity index (χ0v) is 12.8. The number of carbonyl (C=O) groups is 1. The van der Waals surface area contributed by atoms with Crippen molar-refractivity contribution in [3.8, 4) is 6.07 Å². The largest absolute Gasteiger partial charge is 0.466 e. The van der Waals surface area contributed by atoms with Gasteiger partial charge in [0.25, 0.3) is 0 Å². The fourth-order valence-corrected chi connectivity index (χ4v) is 2.88. The third-order valence-electron chi connectivity index (χ3n) is 3.91. The molecule has 1 aliphatic rings. The highest BCUT2D eigenvalue weighted by molar-refractivity contribution is 5.72. The van der Waals surface area contributed by atoms with Gasteiger partial charge in [-0.3, -0.25) is 4.79 Å². The van der Waals surface area contributed by atoms with E-state index in [-0.39, 0.29) is 17.8 Å². The van der Waals surface area contributed by atoms with E-state index in [1.165, 1.54) is 0 Å². The second-order valence-corrected chi connectivity index (χ2v) is 5.98. The average molecular weight is 282 g/mol. The number of rotatable bonds is 6. The van der Waals surface area contributed by atoms with Gasteiger partial charge in [0.15, 0.2) is 0 Å². The Kier molecular flexibility index (Phi) is 6.44. The Bertz CT molecular complexity index is 357. The molecule has 0 amide bonds. The molecular formula is C15H26N2O3. The molecule has 0 saturated heterocycles. The minimum atomic E-state index is -0.743. The Morgan fingerprint density at radius 1 is 1.55 bits per heavy atom. The van der Waals surface area contributed by atoms with Gasteiger partial charge in [0.05, 0.1) is 30.1 Å². The van der Waals surface area contributed by atoms with Crippen molar-refractivity contribution in [3.05, 3.63) is 0 Å². The monoisotopic (exact) mass is 282 g/mol. The molecule has 5 nitrogen and oxygen atoms in total. The average Bonchev–Trinajstić information content (AvgIpc) is 2.38. The molecule has 1 unspecified atom stereocenters. The summed E-state index contributed by atoms with van der Waals surface area (Å²) in [6, 6.07) is 2.20. The lowest BCUT2D eigenvalue weighted by Crippen LogP contribution is -2.46. The van der Waals surface area contributed by atoms with Gasteiger partial charge in [-0.15, -0.1) is 0 Å². The van der Waals surface area contributed by atoms with Crippen LogP contribution in [0.4, 0.5) is 0 Å². The number of nitriles is 1. The molecule has 1 saturated carbocycles. The van der Waals surface area contributed by atoms with E-state index in [2.05, 4.69) is 6.07 Å². The summed E-state index contributed by atoms with van der Waals surface area (Å²) < 4.78 is 5.03. The molecule has 0 aliphatic heterocycles. The zero-order valence-electron chi connectivity index (χ0n) is 12.8. The lowest BCUT2D eigenvalue weighted by atomic mass is 9.78. The second-order valence-electron chi connectivity index (χ2n) is 5.98. The van der Waals surface area contributed by atoms with Crippen molar-refractivity contribution in [2.45, 2.75) is 45.1 Å². The van der Waals surface area contributed by atoms with Crippen LogP contribution in [0, 0.1) is 23.2 Å². The van der Waals surface area contributed by atoms with Crippen LogP contribution in [0.3, 0.4) is 0 Å². The molecule has 20 heavy (non-hydrogen) atoms. The number of hydrogen-bond acceptors (Lipinski definition) is 5. The van der Waals surface area contributed by atoms with Crippen LogP contribution in [-0.2, 0) is 9.53 Å². The number of esters is 1. The first-order valence-corrected chi connectivity index (χ1v) is 7.37. The van der Waals surface area contributed by atoms with Crippen LogP contribution in [0.25, 0.3) is 0 Å². The predicted octanol–water partition coefficient (Wildman–Crippen LogP) is 1.56. The molecule has 0 aromatic heterocycles. The van der Waals surface area contributed by atoms with Crippen molar-refractivity contribution in [3.63, 3.8) is 0 Å². The van der Waals surface area contributed by atoms with Crippen LogP contribution < -0.4 is 0 Å². The maximum Gasteiger partial charge on any atom is 0.308 e. The number of carbonyl (C=O) groups excluding carboxylic acids is 1. The van der Waals surface area contributed by atoms with Crippen molar-refractivity contribution in [1.82, 2.24) is 4.90 Å². The molecule has 114 valence electrons. The van der Waals surface area contributed by atoms with Crippen molar-refractivity contribution >= 4 is 5.97 Å². The molecule has 0 bridgehead atoms. The maximum absolute atomic E-state index is 11.7. The molecule has 1 fully saturated rings. The summed E-state index contributed by atoms with van der Waals surface area (Å²) in [6.07, 6.45) is 2.58. The van der Waals surface area contributed by atoms with Crippen LogP contribution in [0.15, 0.2) is 0 Å². The topological polar surface area (TPSA) is 73.6 Å². The van der Waals surface area contributed by atoms with E-state index in [1.807, 2.05) is 25.8 Å². The van der Waals surface area contributed by atoms with E-state index >= 15 is 0 Å². The van der Waals surface area contributed by atoms with Gasteiger partial charge < -0.3 is 14.7 Å². The molecule has 1 aliphatic carbocycles. The lowest BCUT2D eigenvalue weighted by Gasteiger charge is -2.38. The van der Waals surface area contributed by atoms with E-state index in [0.29, 0.717) is 45.4 Å². The van der Waals surface area contributed by atoms with Gasteiger partial charge in [-0.2, -0.15) is 5.26 Å². The smallest absolute Gasteiger partial charge is 0.308 e. The first kappa shape index (κ1) is 16.9. The lowest BCUT2D eigenvalue weighted by molar-refractivity contribution is -0.151. The van der Waals surface area contributed by atoms with Gasteiger partial charge in [0, 0.05) is 13.1 Å². The molecular weight excluding hydrogens is 256 g/mol. The molecule has 1 atom stereocenters. The first-order valence-electron chi connectivity index (χ1n) is 7.37. The molecule has 0 heterocycles. The Hall–Kier alpha value is -1.12. The third kappa shape index (κ3) is 5.10. The van der Waals surface area contributed by atoms with E-state index in [9.17, 15) is 9.90 Å². The Morgan fingerprint density at radius 2 is 2.15 bits per heavy atom. The Balaban J connectivity index is 2.42. The SMILES string of the molecule is CCOC(=O)C1CCC(O)(CN(C)CC(C)C#N)CC1. The van der Waals surface area contributed by atoms with E-state index in [0.717, 1.165) is 0 Å². The molecule has 1 N–H and O–H groups in total. The van der Waals surface area contributed by atoms with Crippen LogP contribution in [0.1, 0.15) is 39.5 Å². The first-order chi connectivity index (χ1) is 9.40. The molecule has 5 heteroatoms. The summed E-state index contributed by atoms with van der Waals surface area (Å²) in [5.74, 6) is -0.251. The summed E-state index contributed by atoms with van der Waals surface area (Å²) in [6.45, 7) is 5.30. The number of likely N-dealkylation sites (N-methyl/N-ethyl adjacent to an activating group) is 1. The minimum absolute atomic E-state index is 0.0422. The fourth-order valence-electron chi connectivity index (χ4n) is 2.88. The van der Waals surface area contributed by atoms with Gasteiger partial charge in [0.2, 0.25) is 0 Å². The van der Waals surface area contributed by atoms with Crippen LogP contribution in [-0.4, -0.2) is 48.3 Å². The van der Waals surface area contributed by atoms with Gasteiger partial charge in [0.1, 0.15) is 0 Å².